The molecule has 0 saturated carbocycles. The zero-order valence-corrected chi connectivity index (χ0v) is 10.0. The molecule has 0 aliphatic rings. The molecule has 0 bridgehead atoms. The number of carbonyl (C=O) groups is 2. The van der Waals surface area contributed by atoms with Crippen LogP contribution in [0.5, 0.6) is 11.6 Å². The van der Waals surface area contributed by atoms with Crippen LogP contribution < -0.4 is 10.5 Å². The number of hydrogen-bond donors (Lipinski definition) is 2. The molecule has 0 fully saturated rings. The fourth-order valence-corrected chi connectivity index (χ4v) is 1.50. The van der Waals surface area contributed by atoms with Gasteiger partial charge in [-0.25, -0.2) is 14.2 Å². The Morgan fingerprint density at radius 3 is 2.55 bits per heavy atom. The van der Waals surface area contributed by atoms with Gasteiger partial charge in [0.15, 0.2) is 0 Å². The van der Waals surface area contributed by atoms with Gasteiger partial charge >= 0.3 is 5.97 Å². The summed E-state index contributed by atoms with van der Waals surface area (Å²) in [5.41, 5.74) is 4.64. The summed E-state index contributed by atoms with van der Waals surface area (Å²) in [5.74, 6) is -3.18. The van der Waals surface area contributed by atoms with Crippen LogP contribution in [0.2, 0.25) is 0 Å². The number of hydrogen-bond acceptors (Lipinski definition) is 4. The van der Waals surface area contributed by atoms with Crippen molar-refractivity contribution in [3.05, 3.63) is 53.5 Å². The average molecular weight is 276 g/mol. The Morgan fingerprint density at radius 2 is 2.00 bits per heavy atom. The normalized spacial score (nSPS) is 10.1. The number of carbonyl (C=O) groups excluding carboxylic acids is 1. The Morgan fingerprint density at radius 1 is 1.25 bits per heavy atom. The number of ether oxygens (including phenoxy) is 1. The first-order valence-corrected chi connectivity index (χ1v) is 5.44. The van der Waals surface area contributed by atoms with E-state index < -0.39 is 23.3 Å². The van der Waals surface area contributed by atoms with E-state index in [1.54, 1.807) is 0 Å². The number of aromatic carboxylic acids is 1. The molecular weight excluding hydrogens is 267 g/mol. The molecular formula is C13H9FN2O4. The molecule has 0 aliphatic carbocycles. The van der Waals surface area contributed by atoms with Crippen molar-refractivity contribution in [1.82, 2.24) is 4.98 Å². The van der Waals surface area contributed by atoms with Crippen molar-refractivity contribution in [3.63, 3.8) is 0 Å². The standard InChI is InChI=1S/C13H9FN2O4/c14-8-2-1-3-9(11(8)13(18)19)20-10-5-4-7(6-16-10)12(15)17/h1-6H,(H2,15,17)(H,18,19). The molecule has 0 saturated heterocycles. The number of primary amides is 1. The monoisotopic (exact) mass is 276 g/mol. The minimum absolute atomic E-state index is 0.0168. The van der Waals surface area contributed by atoms with Gasteiger partial charge in [-0.2, -0.15) is 0 Å². The molecule has 1 amide bonds. The van der Waals surface area contributed by atoms with E-state index in [-0.39, 0.29) is 17.2 Å². The second kappa shape index (κ2) is 5.35. The van der Waals surface area contributed by atoms with Gasteiger partial charge in [-0.3, -0.25) is 4.79 Å². The summed E-state index contributed by atoms with van der Waals surface area (Å²) >= 11 is 0. The molecule has 0 unspecified atom stereocenters. The average Bonchev–Trinajstić information content (AvgIpc) is 2.39. The number of nitrogens with zero attached hydrogens (tertiary/aromatic N) is 1. The molecule has 1 aromatic carbocycles. The van der Waals surface area contributed by atoms with E-state index in [2.05, 4.69) is 4.98 Å². The Balaban J connectivity index is 2.33. The van der Waals surface area contributed by atoms with E-state index in [1.165, 1.54) is 30.5 Å². The van der Waals surface area contributed by atoms with Crippen molar-refractivity contribution in [2.75, 3.05) is 0 Å². The van der Waals surface area contributed by atoms with Gasteiger partial charge in [0.2, 0.25) is 11.8 Å². The van der Waals surface area contributed by atoms with Crippen LogP contribution in [0, 0.1) is 5.82 Å². The Bertz CT molecular complexity index is 671. The van der Waals surface area contributed by atoms with Crippen LogP contribution in [0.1, 0.15) is 20.7 Å². The third-order valence-electron chi connectivity index (χ3n) is 2.42. The number of benzene rings is 1. The number of halogens is 1. The van der Waals surface area contributed by atoms with Gasteiger partial charge in [-0.1, -0.05) is 6.07 Å². The maximum absolute atomic E-state index is 13.4. The summed E-state index contributed by atoms with van der Waals surface area (Å²) in [5, 5.41) is 8.94. The lowest BCUT2D eigenvalue weighted by atomic mass is 10.2. The zero-order valence-electron chi connectivity index (χ0n) is 10.0. The van der Waals surface area contributed by atoms with E-state index in [0.29, 0.717) is 0 Å². The predicted octanol–water partition coefficient (Wildman–Crippen LogP) is 1.81. The first-order chi connectivity index (χ1) is 9.49. The van der Waals surface area contributed by atoms with Crippen LogP contribution in [-0.2, 0) is 0 Å². The first kappa shape index (κ1) is 13.5. The van der Waals surface area contributed by atoms with Crippen molar-refractivity contribution >= 4 is 11.9 Å². The Labute approximate surface area is 112 Å². The van der Waals surface area contributed by atoms with Crippen molar-refractivity contribution in [2.45, 2.75) is 0 Å². The molecule has 20 heavy (non-hydrogen) atoms. The summed E-state index contributed by atoms with van der Waals surface area (Å²) in [6.45, 7) is 0. The van der Waals surface area contributed by atoms with E-state index >= 15 is 0 Å². The van der Waals surface area contributed by atoms with Gasteiger partial charge < -0.3 is 15.6 Å². The number of amides is 1. The largest absolute Gasteiger partial charge is 0.477 e. The van der Waals surface area contributed by atoms with Crippen molar-refractivity contribution in [3.8, 4) is 11.6 Å². The predicted molar refractivity (Wildman–Crippen MR) is 66.2 cm³/mol. The second-order valence-electron chi connectivity index (χ2n) is 3.77. The Kier molecular flexibility index (Phi) is 3.60. The minimum atomic E-state index is -1.45. The summed E-state index contributed by atoms with van der Waals surface area (Å²) in [4.78, 5) is 25.6. The maximum atomic E-state index is 13.4. The highest BCUT2D eigenvalue weighted by Crippen LogP contribution is 2.26. The van der Waals surface area contributed by atoms with Crippen LogP contribution in [0.3, 0.4) is 0 Å². The SMILES string of the molecule is NC(=O)c1ccc(Oc2cccc(F)c2C(=O)O)nc1. The van der Waals surface area contributed by atoms with Crippen molar-refractivity contribution in [1.29, 1.82) is 0 Å². The number of carboxylic acids is 1. The molecule has 3 N–H and O–H groups in total. The topological polar surface area (TPSA) is 103 Å². The maximum Gasteiger partial charge on any atom is 0.342 e. The zero-order chi connectivity index (χ0) is 14.7. The summed E-state index contributed by atoms with van der Waals surface area (Å²) in [6, 6.07) is 6.33. The molecule has 2 rings (SSSR count). The number of carboxylic acid groups (broad SMARTS) is 1. The van der Waals surface area contributed by atoms with Crippen LogP contribution >= 0.6 is 0 Å². The number of nitrogens with two attached hydrogens (primary N) is 1. The number of rotatable bonds is 4. The molecule has 0 spiro atoms. The number of aromatic nitrogens is 1. The molecule has 1 aromatic heterocycles. The van der Waals surface area contributed by atoms with E-state index in [9.17, 15) is 14.0 Å². The molecule has 0 radical (unpaired) electrons. The summed E-state index contributed by atoms with van der Waals surface area (Å²) in [6.07, 6.45) is 1.18. The number of pyridine rings is 1. The van der Waals surface area contributed by atoms with Crippen molar-refractivity contribution < 1.29 is 23.8 Å². The van der Waals surface area contributed by atoms with Crippen LogP contribution in [0.15, 0.2) is 36.5 Å². The lowest BCUT2D eigenvalue weighted by molar-refractivity contribution is 0.0688. The molecule has 1 heterocycles. The lowest BCUT2D eigenvalue weighted by Gasteiger charge is -2.08. The third kappa shape index (κ3) is 2.72. The third-order valence-corrected chi connectivity index (χ3v) is 2.42. The molecule has 102 valence electrons. The van der Waals surface area contributed by atoms with Gasteiger partial charge in [0.05, 0.1) is 5.56 Å². The molecule has 0 aliphatic heterocycles. The highest BCUT2D eigenvalue weighted by molar-refractivity contribution is 5.92. The van der Waals surface area contributed by atoms with Gasteiger partial charge in [-0.05, 0) is 18.2 Å². The molecule has 6 nitrogen and oxygen atoms in total. The van der Waals surface area contributed by atoms with E-state index in [0.717, 1.165) is 6.07 Å². The fourth-order valence-electron chi connectivity index (χ4n) is 1.50. The molecule has 2 aromatic rings. The van der Waals surface area contributed by atoms with Crippen LogP contribution in [0.25, 0.3) is 0 Å². The van der Waals surface area contributed by atoms with E-state index in [4.69, 9.17) is 15.6 Å². The molecule has 0 atom stereocenters. The summed E-state index contributed by atoms with van der Waals surface area (Å²) < 4.78 is 18.6. The highest BCUT2D eigenvalue weighted by atomic mass is 19.1. The highest BCUT2D eigenvalue weighted by Gasteiger charge is 2.17. The fraction of sp³-hybridized carbons (Fsp3) is 0. The minimum Gasteiger partial charge on any atom is -0.477 e. The second-order valence-corrected chi connectivity index (χ2v) is 3.77. The first-order valence-electron chi connectivity index (χ1n) is 5.44. The Hall–Kier alpha value is -2.96. The van der Waals surface area contributed by atoms with Gasteiger partial charge in [0.1, 0.15) is 17.1 Å². The molecule has 7 heteroatoms. The summed E-state index contributed by atoms with van der Waals surface area (Å²) in [7, 11) is 0. The quantitative estimate of drug-likeness (QED) is 0.886. The van der Waals surface area contributed by atoms with Crippen LogP contribution in [0.4, 0.5) is 4.39 Å². The van der Waals surface area contributed by atoms with Crippen molar-refractivity contribution in [2.24, 2.45) is 5.73 Å². The van der Waals surface area contributed by atoms with E-state index in [1.807, 2.05) is 0 Å². The smallest absolute Gasteiger partial charge is 0.342 e. The van der Waals surface area contributed by atoms with Crippen LogP contribution in [-0.4, -0.2) is 22.0 Å². The van der Waals surface area contributed by atoms with Gasteiger partial charge in [0.25, 0.3) is 0 Å². The van der Waals surface area contributed by atoms with Gasteiger partial charge in [0, 0.05) is 12.3 Å². The lowest BCUT2D eigenvalue weighted by Crippen LogP contribution is -2.11. The van der Waals surface area contributed by atoms with Gasteiger partial charge in [-0.15, -0.1) is 0 Å².